The van der Waals surface area contributed by atoms with Crippen molar-refractivity contribution in [2.45, 2.75) is 25.4 Å². The Hall–Kier alpha value is -4.65. The number of halogens is 3. The van der Waals surface area contributed by atoms with Crippen molar-refractivity contribution >= 4 is 28.1 Å². The van der Waals surface area contributed by atoms with Gasteiger partial charge in [-0.15, -0.1) is 0 Å². The summed E-state index contributed by atoms with van der Waals surface area (Å²) in [6.07, 6.45) is 2.69. The van der Waals surface area contributed by atoms with E-state index < -0.39 is 24.4 Å². The highest BCUT2D eigenvalue weighted by Crippen LogP contribution is 2.42. The maximum Gasteiger partial charge on any atom is 0.296 e. The highest BCUT2D eigenvalue weighted by molar-refractivity contribution is 5.97. The normalized spacial score (nSPS) is 17.1. The van der Waals surface area contributed by atoms with Crippen LogP contribution in [-0.2, 0) is 0 Å². The zero-order valence-electron chi connectivity index (χ0n) is 22.4. The van der Waals surface area contributed by atoms with Gasteiger partial charge < -0.3 is 24.4 Å². The van der Waals surface area contributed by atoms with Crippen molar-refractivity contribution in [2.75, 3.05) is 32.6 Å². The van der Waals surface area contributed by atoms with E-state index in [0.717, 1.165) is 0 Å². The van der Waals surface area contributed by atoms with Gasteiger partial charge in [-0.25, -0.2) is 32.6 Å². The maximum absolute atomic E-state index is 14.9. The third-order valence-electron chi connectivity index (χ3n) is 6.91. The van der Waals surface area contributed by atoms with Gasteiger partial charge in [0.2, 0.25) is 0 Å². The molecule has 6 rings (SSSR count). The lowest BCUT2D eigenvalue weighted by atomic mass is 10.0. The third-order valence-corrected chi connectivity index (χ3v) is 6.91. The first-order valence-electron chi connectivity index (χ1n) is 12.8. The predicted molar refractivity (Wildman–Crippen MR) is 145 cm³/mol. The molecular weight excluding hydrogens is 539 g/mol. The highest BCUT2D eigenvalue weighted by atomic mass is 19.3. The summed E-state index contributed by atoms with van der Waals surface area (Å²) >= 11 is 0. The Morgan fingerprint density at radius 3 is 2.63 bits per heavy atom. The van der Waals surface area contributed by atoms with Gasteiger partial charge in [-0.05, 0) is 49.9 Å². The second-order valence-corrected chi connectivity index (χ2v) is 9.86. The van der Waals surface area contributed by atoms with Crippen molar-refractivity contribution in [1.29, 1.82) is 0 Å². The molecule has 0 saturated carbocycles. The number of anilines is 2. The first-order valence-corrected chi connectivity index (χ1v) is 12.8. The summed E-state index contributed by atoms with van der Waals surface area (Å²) in [6, 6.07) is 10.0. The molecule has 4 heterocycles. The van der Waals surface area contributed by atoms with Crippen LogP contribution in [0.15, 0.2) is 55.2 Å². The van der Waals surface area contributed by atoms with E-state index in [9.17, 15) is 13.2 Å². The molecule has 0 amide bonds. The van der Waals surface area contributed by atoms with Crippen LogP contribution in [0.3, 0.4) is 0 Å². The first kappa shape index (κ1) is 26.6. The predicted octanol–water partition coefficient (Wildman–Crippen LogP) is 5.38. The lowest BCUT2D eigenvalue weighted by Crippen LogP contribution is -2.52. The molecule has 41 heavy (non-hydrogen) atoms. The Kier molecular flexibility index (Phi) is 6.73. The van der Waals surface area contributed by atoms with E-state index in [2.05, 4.69) is 25.4 Å². The van der Waals surface area contributed by atoms with Crippen LogP contribution in [0, 0.1) is 12.7 Å². The van der Waals surface area contributed by atoms with Crippen LogP contribution in [0.25, 0.3) is 16.6 Å². The average molecular weight is 566 g/mol. The topological polar surface area (TPSA) is 98.9 Å². The number of nitrogens with zero attached hydrogens (tertiary/aromatic N) is 6. The number of fused-ring (bicyclic) bond motifs is 2. The Labute approximate surface area is 232 Å². The summed E-state index contributed by atoms with van der Waals surface area (Å²) in [5.41, 5.74) is 2.26. The van der Waals surface area contributed by atoms with Crippen LogP contribution in [0.1, 0.15) is 12.0 Å². The molecule has 1 atom stereocenters. The Morgan fingerprint density at radius 2 is 1.85 bits per heavy atom. The monoisotopic (exact) mass is 565 g/mol. The van der Waals surface area contributed by atoms with E-state index >= 15 is 0 Å². The fourth-order valence-corrected chi connectivity index (χ4v) is 4.85. The number of likely N-dealkylation sites (tertiary alicyclic amines) is 1. The summed E-state index contributed by atoms with van der Waals surface area (Å²) in [5.74, 6) is -2.44. The van der Waals surface area contributed by atoms with E-state index in [4.69, 9.17) is 14.2 Å². The van der Waals surface area contributed by atoms with Crippen LogP contribution < -0.4 is 19.5 Å². The second-order valence-electron chi connectivity index (χ2n) is 9.86. The number of aryl methyl sites for hydroxylation is 1. The smallest absolute Gasteiger partial charge is 0.296 e. The number of nitrogens with one attached hydrogen (secondary N) is 1. The van der Waals surface area contributed by atoms with Crippen molar-refractivity contribution < 1.29 is 27.4 Å². The zero-order chi connectivity index (χ0) is 28.7. The molecule has 10 nitrogen and oxygen atoms in total. The fourth-order valence-electron chi connectivity index (χ4n) is 4.85. The van der Waals surface area contributed by atoms with Gasteiger partial charge >= 0.3 is 0 Å². The van der Waals surface area contributed by atoms with Gasteiger partial charge in [0.05, 0.1) is 30.8 Å². The number of alkyl halides is 2. The number of benzene rings is 2. The molecular formula is C28H26F3N7O3. The van der Waals surface area contributed by atoms with Crippen molar-refractivity contribution in [1.82, 2.24) is 29.5 Å². The Balaban J connectivity index is 1.32. The van der Waals surface area contributed by atoms with E-state index in [-0.39, 0.29) is 23.7 Å². The van der Waals surface area contributed by atoms with E-state index in [1.54, 1.807) is 42.3 Å². The fraction of sp³-hybridized carbons (Fsp3) is 0.286. The maximum atomic E-state index is 14.9. The molecule has 2 aromatic carbocycles. The van der Waals surface area contributed by atoms with E-state index in [0.29, 0.717) is 45.9 Å². The molecule has 1 N–H and O–H groups in total. The number of piperidine rings is 1. The van der Waals surface area contributed by atoms with Crippen molar-refractivity contribution in [3.8, 4) is 23.0 Å². The summed E-state index contributed by atoms with van der Waals surface area (Å²) in [5, 5.41) is 7.55. The third kappa shape index (κ3) is 5.15. The van der Waals surface area contributed by atoms with Crippen LogP contribution in [0.5, 0.6) is 23.0 Å². The van der Waals surface area contributed by atoms with Gasteiger partial charge in [0, 0.05) is 24.7 Å². The lowest BCUT2D eigenvalue weighted by molar-refractivity contribution is -0.135. The SMILES string of the molecule is COc1ccc2ncnc(Nc3ccc(Oc4cc5ncnn5cc4F)c(C)c3)c2c1OC1CCN(C)CC1(F)F. The van der Waals surface area contributed by atoms with Gasteiger partial charge in [0.1, 0.15) is 24.2 Å². The van der Waals surface area contributed by atoms with Crippen molar-refractivity contribution in [3.63, 3.8) is 0 Å². The van der Waals surface area contributed by atoms with Gasteiger partial charge in [0.15, 0.2) is 34.8 Å². The van der Waals surface area contributed by atoms with Crippen LogP contribution in [-0.4, -0.2) is 68.7 Å². The van der Waals surface area contributed by atoms with Crippen LogP contribution >= 0.6 is 0 Å². The first-order chi connectivity index (χ1) is 19.7. The number of hydrogen-bond donors (Lipinski definition) is 1. The number of hydrogen-bond acceptors (Lipinski definition) is 9. The minimum atomic E-state index is -3.06. The Bertz CT molecular complexity index is 1750. The molecule has 1 aliphatic heterocycles. The van der Waals surface area contributed by atoms with Crippen molar-refractivity contribution in [3.05, 3.63) is 66.6 Å². The van der Waals surface area contributed by atoms with Crippen molar-refractivity contribution in [2.24, 2.45) is 0 Å². The number of methoxy groups -OCH3 is 1. The zero-order valence-corrected chi connectivity index (χ0v) is 22.4. The van der Waals surface area contributed by atoms with Gasteiger partial charge in [-0.1, -0.05) is 0 Å². The molecule has 1 saturated heterocycles. The molecule has 0 bridgehead atoms. The average Bonchev–Trinajstić information content (AvgIpc) is 3.38. The Morgan fingerprint density at radius 1 is 1.02 bits per heavy atom. The molecule has 13 heteroatoms. The lowest BCUT2D eigenvalue weighted by Gasteiger charge is -2.36. The largest absolute Gasteiger partial charge is 0.493 e. The standard InChI is InChI=1S/C28H26F3N7O3/c1-16-10-17(4-6-20(16)40-22-11-24-33-15-35-38(24)12-18(22)29)36-27-25-19(32-14-34-27)5-7-21(39-3)26(25)41-23-8-9-37(2)13-28(23,30)31/h4-7,10-12,14-15,23H,8-9,13H2,1-3H3,(H,32,34,36). The van der Waals surface area contributed by atoms with Crippen LogP contribution in [0.2, 0.25) is 0 Å². The molecule has 1 aliphatic rings. The molecule has 1 fully saturated rings. The quantitative estimate of drug-likeness (QED) is 0.279. The number of pyridine rings is 1. The molecule has 1 unspecified atom stereocenters. The summed E-state index contributed by atoms with van der Waals surface area (Å²) in [4.78, 5) is 14.3. The van der Waals surface area contributed by atoms with E-state index in [1.807, 2.05) is 6.92 Å². The highest BCUT2D eigenvalue weighted by Gasteiger charge is 2.46. The van der Waals surface area contributed by atoms with E-state index in [1.165, 1.54) is 36.5 Å². The molecule has 212 valence electrons. The van der Waals surface area contributed by atoms with Gasteiger partial charge in [-0.2, -0.15) is 5.10 Å². The van der Waals surface area contributed by atoms with Gasteiger partial charge in [0.25, 0.3) is 5.92 Å². The minimum Gasteiger partial charge on any atom is -0.493 e. The number of rotatable bonds is 7. The number of aromatic nitrogens is 5. The van der Waals surface area contributed by atoms with Crippen LogP contribution in [0.4, 0.5) is 24.7 Å². The summed E-state index contributed by atoms with van der Waals surface area (Å²) < 4.78 is 63.0. The summed E-state index contributed by atoms with van der Waals surface area (Å²) in [7, 11) is 3.10. The molecule has 0 radical (unpaired) electrons. The molecule has 5 aromatic rings. The van der Waals surface area contributed by atoms with Gasteiger partial charge in [-0.3, -0.25) is 0 Å². The summed E-state index contributed by atoms with van der Waals surface area (Å²) in [6.45, 7) is 1.88. The molecule has 0 spiro atoms. The molecule has 0 aliphatic carbocycles. The minimum absolute atomic E-state index is 0.00991. The molecule has 3 aromatic heterocycles. The number of ether oxygens (including phenoxy) is 3. The second kappa shape index (κ2) is 10.4.